The van der Waals surface area contributed by atoms with Crippen LogP contribution in [0.3, 0.4) is 0 Å². The second kappa shape index (κ2) is 6.06. The number of amides is 1. The fourth-order valence-electron chi connectivity index (χ4n) is 3.59. The maximum Gasteiger partial charge on any atom is 0.274 e. The maximum atomic E-state index is 12.2. The molecule has 2 aliphatic rings. The summed E-state index contributed by atoms with van der Waals surface area (Å²) < 4.78 is 2.25. The molecule has 7 nitrogen and oxygen atoms in total. The van der Waals surface area contributed by atoms with E-state index in [1.165, 1.54) is 31.9 Å². The Morgan fingerprint density at radius 2 is 2.04 bits per heavy atom. The number of nitrogens with zero attached hydrogens (tertiary/aromatic N) is 6. The van der Waals surface area contributed by atoms with Crippen molar-refractivity contribution in [1.29, 1.82) is 0 Å². The van der Waals surface area contributed by atoms with E-state index in [0.29, 0.717) is 17.7 Å². The molecule has 0 unspecified atom stereocenters. The fraction of sp³-hybridized carbons (Fsp3) is 0.562. The highest BCUT2D eigenvalue weighted by Gasteiger charge is 2.33. The van der Waals surface area contributed by atoms with E-state index in [1.807, 2.05) is 11.2 Å². The van der Waals surface area contributed by atoms with Crippen LogP contribution in [0.4, 0.5) is 0 Å². The third kappa shape index (κ3) is 2.83. The fourth-order valence-corrected chi connectivity index (χ4v) is 3.59. The van der Waals surface area contributed by atoms with Gasteiger partial charge < -0.3 is 9.47 Å². The lowest BCUT2D eigenvalue weighted by atomic mass is 9.95. The van der Waals surface area contributed by atoms with E-state index in [1.54, 1.807) is 12.4 Å². The Kier molecular flexibility index (Phi) is 3.77. The predicted octanol–water partition coefficient (Wildman–Crippen LogP) is 1.50. The molecule has 0 aromatic carbocycles. The van der Waals surface area contributed by atoms with Crippen molar-refractivity contribution in [2.24, 2.45) is 5.92 Å². The van der Waals surface area contributed by atoms with Crippen molar-refractivity contribution >= 4 is 5.91 Å². The van der Waals surface area contributed by atoms with Gasteiger partial charge in [-0.3, -0.25) is 9.78 Å². The van der Waals surface area contributed by atoms with Gasteiger partial charge in [0.1, 0.15) is 17.8 Å². The van der Waals surface area contributed by atoms with Crippen molar-refractivity contribution in [1.82, 2.24) is 29.6 Å². The van der Waals surface area contributed by atoms with Crippen molar-refractivity contribution in [2.75, 3.05) is 13.1 Å². The minimum absolute atomic E-state index is 0.0355. The summed E-state index contributed by atoms with van der Waals surface area (Å²) in [6.07, 6.45) is 12.5. The second-order valence-corrected chi connectivity index (χ2v) is 6.46. The van der Waals surface area contributed by atoms with Gasteiger partial charge in [-0.25, -0.2) is 4.98 Å². The van der Waals surface area contributed by atoms with E-state index in [9.17, 15) is 4.79 Å². The van der Waals surface area contributed by atoms with Crippen molar-refractivity contribution in [3.63, 3.8) is 0 Å². The molecule has 1 saturated heterocycles. The molecule has 1 aliphatic carbocycles. The van der Waals surface area contributed by atoms with Gasteiger partial charge in [-0.2, -0.15) is 0 Å². The Morgan fingerprint density at radius 3 is 2.78 bits per heavy atom. The Labute approximate surface area is 134 Å². The zero-order valence-electron chi connectivity index (χ0n) is 13.0. The zero-order chi connectivity index (χ0) is 15.6. The first-order chi connectivity index (χ1) is 11.3. The number of aromatic nitrogens is 5. The average molecular weight is 312 g/mol. The van der Waals surface area contributed by atoms with Gasteiger partial charge in [-0.15, -0.1) is 10.2 Å². The standard InChI is InChI=1S/C16H20N6O/c23-16(14-8-17-5-6-18-14)21-9-12(10-21)7-15-20-19-11-22(15)13-3-1-2-4-13/h5-6,8,11-13H,1-4,7,9-10H2. The summed E-state index contributed by atoms with van der Waals surface area (Å²) in [6.45, 7) is 1.51. The Bertz CT molecular complexity index is 673. The molecule has 2 aromatic heterocycles. The SMILES string of the molecule is O=C(c1cnccn1)N1CC(Cc2nncn2C2CCCC2)C1. The zero-order valence-corrected chi connectivity index (χ0v) is 13.0. The van der Waals surface area contributed by atoms with Crippen LogP contribution in [0.15, 0.2) is 24.9 Å². The third-order valence-corrected chi connectivity index (χ3v) is 4.86. The summed E-state index contributed by atoms with van der Waals surface area (Å²) in [5, 5.41) is 8.39. The molecule has 0 radical (unpaired) electrons. The van der Waals surface area contributed by atoms with Gasteiger partial charge >= 0.3 is 0 Å². The van der Waals surface area contributed by atoms with Gasteiger partial charge in [0.2, 0.25) is 0 Å². The molecule has 1 amide bonds. The summed E-state index contributed by atoms with van der Waals surface area (Å²) in [4.78, 5) is 22.1. The maximum absolute atomic E-state index is 12.2. The van der Waals surface area contributed by atoms with E-state index in [2.05, 4.69) is 24.7 Å². The lowest BCUT2D eigenvalue weighted by Crippen LogP contribution is -2.51. The van der Waals surface area contributed by atoms with Gasteiger partial charge in [-0.05, 0) is 12.8 Å². The molecule has 0 N–H and O–H groups in total. The highest BCUT2D eigenvalue weighted by Crippen LogP contribution is 2.31. The predicted molar refractivity (Wildman–Crippen MR) is 82.7 cm³/mol. The number of likely N-dealkylation sites (tertiary alicyclic amines) is 1. The lowest BCUT2D eigenvalue weighted by molar-refractivity contribution is 0.0489. The molecule has 4 rings (SSSR count). The Morgan fingerprint density at radius 1 is 1.22 bits per heavy atom. The van der Waals surface area contributed by atoms with E-state index >= 15 is 0 Å². The van der Waals surface area contributed by atoms with Crippen LogP contribution in [0.1, 0.15) is 48.0 Å². The first-order valence-corrected chi connectivity index (χ1v) is 8.25. The van der Waals surface area contributed by atoms with Crippen LogP contribution >= 0.6 is 0 Å². The topological polar surface area (TPSA) is 76.8 Å². The molecule has 1 saturated carbocycles. The van der Waals surface area contributed by atoms with Gasteiger partial charge in [0, 0.05) is 43.9 Å². The molecular formula is C16H20N6O. The largest absolute Gasteiger partial charge is 0.337 e. The van der Waals surface area contributed by atoms with E-state index in [0.717, 1.165) is 25.3 Å². The Balaban J connectivity index is 1.35. The minimum Gasteiger partial charge on any atom is -0.337 e. The summed E-state index contributed by atoms with van der Waals surface area (Å²) in [5.74, 6) is 1.49. The van der Waals surface area contributed by atoms with Gasteiger partial charge in [0.25, 0.3) is 5.91 Å². The monoisotopic (exact) mass is 312 g/mol. The first-order valence-electron chi connectivity index (χ1n) is 8.25. The number of hydrogen-bond donors (Lipinski definition) is 0. The summed E-state index contributed by atoms with van der Waals surface area (Å²) in [5.41, 5.74) is 0.417. The molecule has 7 heteroatoms. The molecule has 1 aliphatic heterocycles. The second-order valence-electron chi connectivity index (χ2n) is 6.46. The Hall–Kier alpha value is -2.31. The molecule has 0 bridgehead atoms. The van der Waals surface area contributed by atoms with Gasteiger partial charge in [0.15, 0.2) is 0 Å². The van der Waals surface area contributed by atoms with Crippen LogP contribution in [0.5, 0.6) is 0 Å². The number of hydrogen-bond acceptors (Lipinski definition) is 5. The molecule has 120 valence electrons. The lowest BCUT2D eigenvalue weighted by Gasteiger charge is -2.39. The molecule has 0 spiro atoms. The first kappa shape index (κ1) is 14.3. The van der Waals surface area contributed by atoms with Crippen LogP contribution in [-0.4, -0.2) is 48.6 Å². The summed E-state index contributed by atoms with van der Waals surface area (Å²) >= 11 is 0. The molecule has 2 aromatic rings. The molecule has 2 fully saturated rings. The molecule has 0 atom stereocenters. The van der Waals surface area contributed by atoms with Crippen LogP contribution in [-0.2, 0) is 6.42 Å². The normalized spacial score (nSPS) is 19.0. The smallest absolute Gasteiger partial charge is 0.274 e. The van der Waals surface area contributed by atoms with E-state index < -0.39 is 0 Å². The van der Waals surface area contributed by atoms with Crippen molar-refractivity contribution < 1.29 is 4.79 Å². The quantitative estimate of drug-likeness (QED) is 0.855. The third-order valence-electron chi connectivity index (χ3n) is 4.86. The average Bonchev–Trinajstić information content (AvgIpc) is 3.21. The van der Waals surface area contributed by atoms with E-state index in [-0.39, 0.29) is 5.91 Å². The van der Waals surface area contributed by atoms with Crippen molar-refractivity contribution in [3.05, 3.63) is 36.4 Å². The van der Waals surface area contributed by atoms with Gasteiger partial charge in [0.05, 0.1) is 6.20 Å². The van der Waals surface area contributed by atoms with Crippen LogP contribution in [0, 0.1) is 5.92 Å². The van der Waals surface area contributed by atoms with Gasteiger partial charge in [-0.1, -0.05) is 12.8 Å². The summed E-state index contributed by atoms with van der Waals surface area (Å²) in [7, 11) is 0. The minimum atomic E-state index is -0.0355. The van der Waals surface area contributed by atoms with Crippen molar-refractivity contribution in [2.45, 2.75) is 38.1 Å². The van der Waals surface area contributed by atoms with E-state index in [4.69, 9.17) is 0 Å². The number of rotatable bonds is 4. The highest BCUT2D eigenvalue weighted by atomic mass is 16.2. The van der Waals surface area contributed by atoms with Crippen molar-refractivity contribution in [3.8, 4) is 0 Å². The number of carbonyl (C=O) groups excluding carboxylic acids is 1. The molecular weight excluding hydrogens is 292 g/mol. The molecule has 23 heavy (non-hydrogen) atoms. The summed E-state index contributed by atoms with van der Waals surface area (Å²) in [6, 6.07) is 0.567. The van der Waals surface area contributed by atoms with Crippen LogP contribution < -0.4 is 0 Å². The van der Waals surface area contributed by atoms with Crippen LogP contribution in [0.2, 0.25) is 0 Å². The molecule has 3 heterocycles. The highest BCUT2D eigenvalue weighted by molar-refractivity contribution is 5.92. The van der Waals surface area contributed by atoms with Crippen LogP contribution in [0.25, 0.3) is 0 Å². The number of carbonyl (C=O) groups is 1.